The minimum absolute atomic E-state index is 0.0685. The molecule has 0 unspecified atom stereocenters. The van der Waals surface area contributed by atoms with Crippen LogP contribution >= 0.6 is 11.6 Å². The van der Waals surface area contributed by atoms with Crippen LogP contribution < -0.4 is 15.4 Å². The maximum absolute atomic E-state index is 12.1. The van der Waals surface area contributed by atoms with E-state index in [-0.39, 0.29) is 17.5 Å². The number of benzene rings is 2. The predicted octanol–water partition coefficient (Wildman–Crippen LogP) is 1.92. The number of aryl methyl sites for hydroxylation is 1. The van der Waals surface area contributed by atoms with Crippen LogP contribution in [0.5, 0.6) is 0 Å². The molecule has 28 heavy (non-hydrogen) atoms. The highest BCUT2D eigenvalue weighted by molar-refractivity contribution is 7.89. The summed E-state index contributed by atoms with van der Waals surface area (Å²) in [5, 5.41) is 5.67. The molecule has 0 aromatic heterocycles. The van der Waals surface area contributed by atoms with Crippen LogP contribution in [-0.2, 0) is 19.6 Å². The van der Waals surface area contributed by atoms with E-state index < -0.39 is 28.4 Å². The Hall–Kier alpha value is -2.42. The van der Waals surface area contributed by atoms with Crippen LogP contribution in [0, 0.1) is 6.92 Å². The Kier molecular flexibility index (Phi) is 7.56. The lowest BCUT2D eigenvalue weighted by molar-refractivity contribution is -0.125. The van der Waals surface area contributed by atoms with Gasteiger partial charge in [0.05, 0.1) is 24.0 Å². The fourth-order valence-electron chi connectivity index (χ4n) is 2.35. The third-order valence-electron chi connectivity index (χ3n) is 3.93. The molecule has 0 spiro atoms. The highest BCUT2D eigenvalue weighted by Gasteiger charge is 2.16. The highest BCUT2D eigenvalue weighted by Crippen LogP contribution is 2.17. The molecular formula is C19H22ClN3O4S. The summed E-state index contributed by atoms with van der Waals surface area (Å²) in [6.45, 7) is 2.90. The molecule has 1 atom stereocenters. The van der Waals surface area contributed by atoms with Gasteiger partial charge in [-0.3, -0.25) is 9.59 Å². The van der Waals surface area contributed by atoms with Crippen LogP contribution in [0.2, 0.25) is 5.02 Å². The van der Waals surface area contributed by atoms with Crippen molar-refractivity contribution in [1.82, 2.24) is 15.4 Å². The van der Waals surface area contributed by atoms with E-state index in [0.717, 1.165) is 11.1 Å². The van der Waals surface area contributed by atoms with E-state index in [9.17, 15) is 18.0 Å². The number of nitrogens with one attached hydrogen (secondary N) is 3. The summed E-state index contributed by atoms with van der Waals surface area (Å²) in [4.78, 5) is 23.9. The minimum atomic E-state index is -3.79. The first-order valence-electron chi connectivity index (χ1n) is 8.55. The molecule has 150 valence electrons. The van der Waals surface area contributed by atoms with Crippen LogP contribution in [0.4, 0.5) is 0 Å². The van der Waals surface area contributed by atoms with E-state index in [1.54, 1.807) is 37.3 Å². The van der Waals surface area contributed by atoms with Crippen molar-refractivity contribution in [3.63, 3.8) is 0 Å². The molecule has 2 aromatic rings. The van der Waals surface area contributed by atoms with Crippen molar-refractivity contribution >= 4 is 33.4 Å². The lowest BCUT2D eigenvalue weighted by Gasteiger charge is -2.15. The van der Waals surface area contributed by atoms with Gasteiger partial charge >= 0.3 is 0 Å². The second kappa shape index (κ2) is 9.68. The highest BCUT2D eigenvalue weighted by atomic mass is 35.5. The normalized spacial score (nSPS) is 12.2. The van der Waals surface area contributed by atoms with Gasteiger partial charge < -0.3 is 10.6 Å². The number of amides is 2. The molecule has 0 bridgehead atoms. The largest absolute Gasteiger partial charge is 0.348 e. The Morgan fingerprint density at radius 1 is 1.04 bits per heavy atom. The number of hydrogen-bond acceptors (Lipinski definition) is 4. The van der Waals surface area contributed by atoms with Gasteiger partial charge in [-0.05, 0) is 43.7 Å². The molecule has 2 rings (SSSR count). The second-order valence-electron chi connectivity index (χ2n) is 6.26. The molecular weight excluding hydrogens is 402 g/mol. The molecule has 7 nitrogen and oxygen atoms in total. The van der Waals surface area contributed by atoms with Crippen LogP contribution in [0.25, 0.3) is 0 Å². The molecule has 2 amide bonds. The van der Waals surface area contributed by atoms with E-state index in [1.165, 1.54) is 12.1 Å². The van der Waals surface area contributed by atoms with Gasteiger partial charge in [0, 0.05) is 5.02 Å². The van der Waals surface area contributed by atoms with Crippen molar-refractivity contribution < 1.29 is 18.0 Å². The molecule has 0 radical (unpaired) electrons. The summed E-state index contributed by atoms with van der Waals surface area (Å²) >= 11 is 5.93. The smallest absolute Gasteiger partial charge is 0.241 e. The first-order chi connectivity index (χ1) is 13.2. The Labute approximate surface area is 169 Å². The molecule has 0 heterocycles. The lowest BCUT2D eigenvalue weighted by Crippen LogP contribution is -2.42. The molecule has 0 fully saturated rings. The monoisotopic (exact) mass is 423 g/mol. The number of hydrogen-bond donors (Lipinski definition) is 3. The molecule has 9 heteroatoms. The zero-order valence-corrected chi connectivity index (χ0v) is 17.1. The molecule has 2 aromatic carbocycles. The molecule has 0 aliphatic rings. The van der Waals surface area contributed by atoms with Crippen molar-refractivity contribution in [1.29, 1.82) is 0 Å². The van der Waals surface area contributed by atoms with Crippen LogP contribution in [-0.4, -0.2) is 33.3 Å². The Morgan fingerprint density at radius 2 is 1.71 bits per heavy atom. The van der Waals surface area contributed by atoms with Crippen molar-refractivity contribution in [2.45, 2.75) is 24.8 Å². The number of carbonyl (C=O) groups is 2. The standard InChI is InChI=1S/C19H22ClN3O4S/c1-13-6-8-17(9-7-13)28(26,27)22-12-18(24)21-11-19(25)23-14(2)15-4-3-5-16(20)10-15/h3-10,14,22H,11-12H2,1-2H3,(H,21,24)(H,23,25)/t14-/m1/s1. The van der Waals surface area contributed by atoms with Gasteiger partial charge in [-0.15, -0.1) is 0 Å². The van der Waals surface area contributed by atoms with Crippen LogP contribution in [0.1, 0.15) is 24.1 Å². The topological polar surface area (TPSA) is 104 Å². The first-order valence-corrected chi connectivity index (χ1v) is 10.4. The molecule has 0 aliphatic carbocycles. The fourth-order valence-corrected chi connectivity index (χ4v) is 3.54. The van der Waals surface area contributed by atoms with E-state index in [4.69, 9.17) is 11.6 Å². The summed E-state index contributed by atoms with van der Waals surface area (Å²) < 4.78 is 26.5. The van der Waals surface area contributed by atoms with Gasteiger partial charge in [0.15, 0.2) is 0 Å². The van der Waals surface area contributed by atoms with Gasteiger partial charge in [-0.2, -0.15) is 0 Å². The SMILES string of the molecule is Cc1ccc(S(=O)(=O)NCC(=O)NCC(=O)N[C@H](C)c2cccc(Cl)c2)cc1. The molecule has 0 saturated heterocycles. The van der Waals surface area contributed by atoms with Crippen LogP contribution in [0.15, 0.2) is 53.4 Å². The van der Waals surface area contributed by atoms with E-state index in [1.807, 2.05) is 13.0 Å². The van der Waals surface area contributed by atoms with E-state index in [0.29, 0.717) is 5.02 Å². The number of carbonyl (C=O) groups excluding carboxylic acids is 2. The van der Waals surface area contributed by atoms with Gasteiger partial charge in [0.2, 0.25) is 21.8 Å². The third-order valence-corrected chi connectivity index (χ3v) is 5.58. The fraction of sp³-hybridized carbons (Fsp3) is 0.263. The first kappa shape index (κ1) is 21.9. The molecule has 0 aliphatic heterocycles. The molecule has 3 N–H and O–H groups in total. The number of halogens is 1. The summed E-state index contributed by atoms with van der Waals surface area (Å²) in [7, 11) is -3.79. The predicted molar refractivity (Wildman–Crippen MR) is 107 cm³/mol. The quantitative estimate of drug-likeness (QED) is 0.603. The number of sulfonamides is 1. The van der Waals surface area contributed by atoms with E-state index in [2.05, 4.69) is 15.4 Å². The lowest BCUT2D eigenvalue weighted by atomic mass is 10.1. The maximum atomic E-state index is 12.1. The summed E-state index contributed by atoms with van der Waals surface area (Å²) in [5.74, 6) is -1.01. The van der Waals surface area contributed by atoms with Gasteiger partial charge in [-0.25, -0.2) is 13.1 Å². The third kappa shape index (κ3) is 6.63. The van der Waals surface area contributed by atoms with Gasteiger partial charge in [-0.1, -0.05) is 41.4 Å². The van der Waals surface area contributed by atoms with Crippen LogP contribution in [0.3, 0.4) is 0 Å². The average molecular weight is 424 g/mol. The minimum Gasteiger partial charge on any atom is -0.348 e. The molecule has 0 saturated carbocycles. The zero-order valence-electron chi connectivity index (χ0n) is 15.5. The Morgan fingerprint density at radius 3 is 2.36 bits per heavy atom. The van der Waals surface area contributed by atoms with Crippen molar-refractivity contribution in [3.8, 4) is 0 Å². The summed E-state index contributed by atoms with van der Waals surface area (Å²) in [5.41, 5.74) is 1.76. The van der Waals surface area contributed by atoms with E-state index >= 15 is 0 Å². The maximum Gasteiger partial charge on any atom is 0.241 e. The van der Waals surface area contributed by atoms with Crippen molar-refractivity contribution in [2.75, 3.05) is 13.1 Å². The summed E-state index contributed by atoms with van der Waals surface area (Å²) in [6, 6.07) is 13.0. The van der Waals surface area contributed by atoms with Crippen molar-refractivity contribution in [3.05, 3.63) is 64.7 Å². The second-order valence-corrected chi connectivity index (χ2v) is 8.46. The summed E-state index contributed by atoms with van der Waals surface area (Å²) in [6.07, 6.45) is 0. The van der Waals surface area contributed by atoms with Gasteiger partial charge in [0.1, 0.15) is 0 Å². The Balaban J connectivity index is 1.78. The average Bonchev–Trinajstić information content (AvgIpc) is 2.65. The zero-order chi connectivity index (χ0) is 20.7. The van der Waals surface area contributed by atoms with Crippen molar-refractivity contribution in [2.24, 2.45) is 0 Å². The Bertz CT molecular complexity index is 946. The van der Waals surface area contributed by atoms with Gasteiger partial charge in [0.25, 0.3) is 0 Å². The number of rotatable bonds is 8.